The first-order valence-electron chi connectivity index (χ1n) is 7.71. The highest BCUT2D eigenvalue weighted by Gasteiger charge is 2.31. The summed E-state index contributed by atoms with van der Waals surface area (Å²) in [6.07, 6.45) is 1.28. The highest BCUT2D eigenvalue weighted by molar-refractivity contribution is 5.91. The maximum atomic E-state index is 12.5. The van der Waals surface area contributed by atoms with Gasteiger partial charge in [0.25, 0.3) is 0 Å². The second kappa shape index (κ2) is 6.90. The van der Waals surface area contributed by atoms with Gasteiger partial charge in [0.2, 0.25) is 5.89 Å². The van der Waals surface area contributed by atoms with Crippen molar-refractivity contribution in [3.63, 3.8) is 0 Å². The molecule has 3 atom stereocenters. The Bertz CT molecular complexity index is 695. The third-order valence-corrected chi connectivity index (χ3v) is 3.93. The molecule has 0 aliphatic carbocycles. The number of hydrogen-bond donors (Lipinski definition) is 0. The summed E-state index contributed by atoms with van der Waals surface area (Å²) >= 11 is 0. The van der Waals surface area contributed by atoms with Gasteiger partial charge < -0.3 is 13.9 Å². The fourth-order valence-corrected chi connectivity index (χ4v) is 2.60. The molecule has 0 radical (unpaired) electrons. The predicted octanol–water partition coefficient (Wildman–Crippen LogP) is 2.59. The summed E-state index contributed by atoms with van der Waals surface area (Å²) in [6, 6.07) is 9.14. The molecule has 6 heteroatoms. The Labute approximate surface area is 134 Å². The van der Waals surface area contributed by atoms with E-state index in [2.05, 4.69) is 4.98 Å². The molecule has 0 N–H and O–H groups in total. The molecule has 120 valence electrons. The Kier molecular flexibility index (Phi) is 4.70. The van der Waals surface area contributed by atoms with Gasteiger partial charge in [-0.1, -0.05) is 12.1 Å². The maximum Gasteiger partial charge on any atom is 0.220 e. The zero-order chi connectivity index (χ0) is 16.2. The van der Waals surface area contributed by atoms with Crippen LogP contribution in [0.3, 0.4) is 0 Å². The van der Waals surface area contributed by atoms with Gasteiger partial charge in [0.05, 0.1) is 18.8 Å². The fraction of sp³-hybridized carbons (Fsp3) is 0.471. The van der Waals surface area contributed by atoms with Crippen molar-refractivity contribution in [1.29, 1.82) is 5.26 Å². The van der Waals surface area contributed by atoms with Crippen LogP contribution < -0.4 is 0 Å². The average Bonchev–Trinajstić information content (AvgIpc) is 3.22. The van der Waals surface area contributed by atoms with Gasteiger partial charge in [0.1, 0.15) is 11.6 Å². The number of hydrogen-bond acceptors (Lipinski definition) is 6. The number of ether oxygens (including phenoxy) is 2. The zero-order valence-corrected chi connectivity index (χ0v) is 12.9. The van der Waals surface area contributed by atoms with E-state index in [1.165, 1.54) is 0 Å². The minimum Gasteiger partial charge on any atom is -0.439 e. The Hall–Kier alpha value is -2.23. The van der Waals surface area contributed by atoms with Gasteiger partial charge >= 0.3 is 0 Å². The number of carbonyl (C=O) groups excluding carboxylic acids is 1. The van der Waals surface area contributed by atoms with Gasteiger partial charge in [-0.2, -0.15) is 5.26 Å². The quantitative estimate of drug-likeness (QED) is 0.814. The van der Waals surface area contributed by atoms with Crippen LogP contribution in [0.15, 0.2) is 28.7 Å². The van der Waals surface area contributed by atoms with E-state index in [1.54, 1.807) is 19.1 Å². The van der Waals surface area contributed by atoms with E-state index in [0.29, 0.717) is 17.7 Å². The molecular weight excluding hydrogens is 296 g/mol. The molecule has 1 aliphatic rings. The van der Waals surface area contributed by atoms with Crippen molar-refractivity contribution in [2.24, 2.45) is 0 Å². The highest BCUT2D eigenvalue weighted by atomic mass is 16.5. The number of ketones is 1. The lowest BCUT2D eigenvalue weighted by atomic mass is 10.0. The predicted molar refractivity (Wildman–Crippen MR) is 81.8 cm³/mol. The second-order valence-corrected chi connectivity index (χ2v) is 5.59. The third-order valence-electron chi connectivity index (χ3n) is 3.93. The Balaban J connectivity index is 1.69. The Morgan fingerprint density at radius 3 is 3.04 bits per heavy atom. The zero-order valence-electron chi connectivity index (χ0n) is 12.9. The molecule has 1 fully saturated rings. The molecule has 0 spiro atoms. The van der Waals surface area contributed by atoms with Gasteiger partial charge in [-0.05, 0) is 31.9 Å². The van der Waals surface area contributed by atoms with Crippen molar-refractivity contribution in [3.05, 3.63) is 30.2 Å². The molecule has 1 aliphatic heterocycles. The molecule has 3 rings (SSSR count). The Morgan fingerprint density at radius 1 is 1.52 bits per heavy atom. The number of fused-ring (bicyclic) bond motifs is 1. The standard InChI is InChI=1S/C17H18N2O4/c1-11(22-10-12-5-4-8-21-12)16(20)13(9-18)17-19-14-6-2-3-7-15(14)23-17/h2-3,6-7,11-13H,4-5,8,10H2,1H3/t11-,12-,13-/m0/s1. The smallest absolute Gasteiger partial charge is 0.220 e. The van der Waals surface area contributed by atoms with Crippen LogP contribution in [0.4, 0.5) is 0 Å². The SMILES string of the molecule is C[C@H](OC[C@@H]1CCCO1)C(=O)[C@H](C#N)c1nc2ccccc2o1. The summed E-state index contributed by atoms with van der Waals surface area (Å²) in [5.74, 6) is -1.30. The van der Waals surface area contributed by atoms with E-state index < -0.39 is 12.0 Å². The lowest BCUT2D eigenvalue weighted by Gasteiger charge is -2.16. The summed E-state index contributed by atoms with van der Waals surface area (Å²) in [4.78, 5) is 16.7. The van der Waals surface area contributed by atoms with E-state index in [-0.39, 0.29) is 17.8 Å². The van der Waals surface area contributed by atoms with Crippen LogP contribution in [-0.2, 0) is 14.3 Å². The van der Waals surface area contributed by atoms with Gasteiger partial charge in [-0.3, -0.25) is 4.79 Å². The number of oxazole rings is 1. The Morgan fingerprint density at radius 2 is 2.35 bits per heavy atom. The minimum atomic E-state index is -1.07. The molecule has 2 aromatic rings. The van der Waals surface area contributed by atoms with Gasteiger partial charge in [0, 0.05) is 6.61 Å². The summed E-state index contributed by atoms with van der Waals surface area (Å²) in [5.41, 5.74) is 1.19. The molecule has 1 aromatic heterocycles. The maximum absolute atomic E-state index is 12.5. The van der Waals surface area contributed by atoms with Crippen LogP contribution in [0.2, 0.25) is 0 Å². The number of benzene rings is 1. The van der Waals surface area contributed by atoms with Crippen molar-refractivity contribution in [1.82, 2.24) is 4.98 Å². The summed E-state index contributed by atoms with van der Waals surface area (Å²) in [7, 11) is 0. The van der Waals surface area contributed by atoms with Gasteiger partial charge in [-0.25, -0.2) is 4.98 Å². The van der Waals surface area contributed by atoms with Crippen molar-refractivity contribution < 1.29 is 18.7 Å². The molecule has 6 nitrogen and oxygen atoms in total. The van der Waals surface area contributed by atoms with E-state index >= 15 is 0 Å². The van der Waals surface area contributed by atoms with Crippen LogP contribution >= 0.6 is 0 Å². The van der Waals surface area contributed by atoms with Crippen molar-refractivity contribution >= 4 is 16.9 Å². The van der Waals surface area contributed by atoms with Crippen LogP contribution in [0.1, 0.15) is 31.6 Å². The number of carbonyl (C=O) groups is 1. The molecule has 0 amide bonds. The summed E-state index contributed by atoms with van der Waals surface area (Å²) in [6.45, 7) is 2.74. The summed E-state index contributed by atoms with van der Waals surface area (Å²) in [5, 5.41) is 9.35. The topological polar surface area (TPSA) is 85.4 Å². The molecule has 2 heterocycles. The van der Waals surface area contributed by atoms with E-state index in [0.717, 1.165) is 19.4 Å². The van der Waals surface area contributed by atoms with E-state index in [9.17, 15) is 10.1 Å². The van der Waals surface area contributed by atoms with E-state index in [4.69, 9.17) is 13.9 Å². The first-order chi connectivity index (χ1) is 11.2. The molecular formula is C17H18N2O4. The van der Waals surface area contributed by atoms with Gasteiger partial charge in [-0.15, -0.1) is 0 Å². The summed E-state index contributed by atoms with van der Waals surface area (Å²) < 4.78 is 16.6. The number of nitriles is 1. The van der Waals surface area contributed by atoms with E-state index in [1.807, 2.05) is 18.2 Å². The van der Waals surface area contributed by atoms with Crippen LogP contribution in [0.5, 0.6) is 0 Å². The lowest BCUT2D eigenvalue weighted by Crippen LogP contribution is -2.29. The molecule has 23 heavy (non-hydrogen) atoms. The first kappa shape index (κ1) is 15.7. The average molecular weight is 314 g/mol. The third kappa shape index (κ3) is 3.41. The largest absolute Gasteiger partial charge is 0.439 e. The molecule has 0 saturated carbocycles. The normalized spacial score (nSPS) is 20.3. The van der Waals surface area contributed by atoms with Crippen molar-refractivity contribution in [2.45, 2.75) is 37.9 Å². The highest BCUT2D eigenvalue weighted by Crippen LogP contribution is 2.23. The minimum absolute atomic E-state index is 0.0371. The number of Topliss-reactive ketones (excluding diaryl/α,β-unsaturated/α-hetero) is 1. The molecule has 1 saturated heterocycles. The molecule has 0 unspecified atom stereocenters. The number of para-hydroxylation sites is 2. The molecule has 0 bridgehead atoms. The molecule has 1 aromatic carbocycles. The lowest BCUT2D eigenvalue weighted by molar-refractivity contribution is -0.132. The fourth-order valence-electron chi connectivity index (χ4n) is 2.60. The second-order valence-electron chi connectivity index (χ2n) is 5.59. The van der Waals surface area contributed by atoms with Crippen LogP contribution in [-0.4, -0.2) is 36.2 Å². The van der Waals surface area contributed by atoms with Crippen LogP contribution in [0, 0.1) is 11.3 Å². The van der Waals surface area contributed by atoms with Crippen molar-refractivity contribution in [3.8, 4) is 6.07 Å². The number of rotatable bonds is 6. The monoisotopic (exact) mass is 314 g/mol. The van der Waals surface area contributed by atoms with Gasteiger partial charge in [0.15, 0.2) is 17.3 Å². The van der Waals surface area contributed by atoms with Crippen molar-refractivity contribution in [2.75, 3.05) is 13.2 Å². The first-order valence-corrected chi connectivity index (χ1v) is 7.71. The number of aromatic nitrogens is 1. The van der Waals surface area contributed by atoms with Crippen LogP contribution in [0.25, 0.3) is 11.1 Å². The number of nitrogens with zero attached hydrogens (tertiary/aromatic N) is 2.